The molecule has 112 valence electrons. The van der Waals surface area contributed by atoms with Crippen molar-refractivity contribution in [3.63, 3.8) is 0 Å². The Morgan fingerprint density at radius 1 is 1.20 bits per heavy atom. The summed E-state index contributed by atoms with van der Waals surface area (Å²) in [7, 11) is 0. The Morgan fingerprint density at radius 2 is 2.00 bits per heavy atom. The van der Waals surface area contributed by atoms with Gasteiger partial charge in [0, 0.05) is 43.0 Å². The molecule has 0 bridgehead atoms. The summed E-state index contributed by atoms with van der Waals surface area (Å²) in [6.07, 6.45) is 2.35. The van der Waals surface area contributed by atoms with E-state index >= 15 is 0 Å². The maximum Gasteiger partial charge on any atom is 0.221 e. The topological polar surface area (TPSA) is 76.4 Å². The van der Waals surface area contributed by atoms with E-state index in [1.807, 2.05) is 19.1 Å². The highest BCUT2D eigenvalue weighted by molar-refractivity contribution is 5.76. The van der Waals surface area contributed by atoms with E-state index in [0.717, 1.165) is 30.8 Å². The lowest BCUT2D eigenvalue weighted by molar-refractivity contribution is -0.120. The van der Waals surface area contributed by atoms with E-state index in [4.69, 9.17) is 10.5 Å². The molecule has 1 aromatic carbocycles. The molecule has 4 N–H and O–H groups in total. The number of nitrogens with one attached hydrogen (secondary N) is 2. The average Bonchev–Trinajstić information content (AvgIpc) is 2.42. The van der Waals surface area contributed by atoms with Crippen molar-refractivity contribution in [1.82, 2.24) is 5.32 Å². The van der Waals surface area contributed by atoms with Crippen molar-refractivity contribution in [2.75, 3.05) is 30.7 Å². The number of ether oxygens (including phenoxy) is 1. The first-order valence-corrected chi connectivity index (χ1v) is 7.19. The zero-order valence-corrected chi connectivity index (χ0v) is 12.4. The Labute approximate surface area is 120 Å². The molecule has 0 spiro atoms. The summed E-state index contributed by atoms with van der Waals surface area (Å²) in [6, 6.07) is 5.54. The molecule has 0 aliphatic rings. The standard InChI is InChI=1S/C15H25N3O2/c1-3-6-18-15(19)5-7-17-13-9-12(16)10-14(11-13)20-8-4-2/h9-11,17H,3-8,16H2,1-2H3,(H,18,19). The molecule has 20 heavy (non-hydrogen) atoms. The third-order valence-electron chi connectivity index (χ3n) is 2.66. The van der Waals surface area contributed by atoms with Gasteiger partial charge in [0.2, 0.25) is 5.91 Å². The predicted octanol–water partition coefficient (Wildman–Crippen LogP) is 2.39. The van der Waals surface area contributed by atoms with Gasteiger partial charge in [0.15, 0.2) is 0 Å². The van der Waals surface area contributed by atoms with Crippen molar-refractivity contribution >= 4 is 17.3 Å². The third-order valence-corrected chi connectivity index (χ3v) is 2.66. The molecule has 0 aliphatic heterocycles. The highest BCUT2D eigenvalue weighted by Crippen LogP contribution is 2.22. The van der Waals surface area contributed by atoms with Crippen LogP contribution in [-0.4, -0.2) is 25.6 Å². The normalized spacial score (nSPS) is 10.1. The van der Waals surface area contributed by atoms with Gasteiger partial charge in [-0.3, -0.25) is 4.79 Å². The van der Waals surface area contributed by atoms with Gasteiger partial charge in [-0.1, -0.05) is 13.8 Å². The molecule has 0 saturated heterocycles. The quantitative estimate of drug-likeness (QED) is 0.607. The molecule has 1 rings (SSSR count). The van der Waals surface area contributed by atoms with Crippen LogP contribution in [0, 0.1) is 0 Å². The summed E-state index contributed by atoms with van der Waals surface area (Å²) in [5.41, 5.74) is 7.35. The highest BCUT2D eigenvalue weighted by atomic mass is 16.5. The molecule has 0 aromatic heterocycles. The van der Waals surface area contributed by atoms with E-state index in [-0.39, 0.29) is 5.91 Å². The molecular weight excluding hydrogens is 254 g/mol. The van der Waals surface area contributed by atoms with Crippen LogP contribution in [0.3, 0.4) is 0 Å². The lowest BCUT2D eigenvalue weighted by Crippen LogP contribution is -2.25. The molecule has 0 unspecified atom stereocenters. The molecule has 0 atom stereocenters. The Kier molecular flexibility index (Phi) is 7.32. The Hall–Kier alpha value is -1.91. The SMILES string of the molecule is CCCNC(=O)CCNc1cc(N)cc(OCCC)c1. The Bertz CT molecular complexity index is 422. The fourth-order valence-electron chi connectivity index (χ4n) is 1.70. The number of nitrogen functional groups attached to an aromatic ring is 1. The number of hydrogen-bond donors (Lipinski definition) is 3. The molecule has 0 saturated carbocycles. The molecule has 1 aromatic rings. The second-order valence-electron chi connectivity index (χ2n) is 4.67. The monoisotopic (exact) mass is 279 g/mol. The summed E-state index contributed by atoms with van der Waals surface area (Å²) in [5, 5.41) is 6.03. The highest BCUT2D eigenvalue weighted by Gasteiger charge is 2.02. The lowest BCUT2D eigenvalue weighted by Gasteiger charge is -2.11. The lowest BCUT2D eigenvalue weighted by atomic mass is 10.2. The van der Waals surface area contributed by atoms with Crippen LogP contribution in [0.1, 0.15) is 33.1 Å². The number of anilines is 2. The van der Waals surface area contributed by atoms with E-state index in [2.05, 4.69) is 17.6 Å². The number of rotatable bonds is 9. The van der Waals surface area contributed by atoms with Gasteiger partial charge >= 0.3 is 0 Å². The summed E-state index contributed by atoms with van der Waals surface area (Å²) in [4.78, 5) is 11.5. The minimum Gasteiger partial charge on any atom is -0.493 e. The van der Waals surface area contributed by atoms with Gasteiger partial charge in [0.1, 0.15) is 5.75 Å². The largest absolute Gasteiger partial charge is 0.493 e. The van der Waals surface area contributed by atoms with E-state index in [1.165, 1.54) is 0 Å². The second-order valence-corrected chi connectivity index (χ2v) is 4.67. The molecule has 5 nitrogen and oxygen atoms in total. The fourth-order valence-corrected chi connectivity index (χ4v) is 1.70. The molecule has 1 amide bonds. The summed E-state index contributed by atoms with van der Waals surface area (Å²) >= 11 is 0. The van der Waals surface area contributed by atoms with E-state index in [0.29, 0.717) is 25.3 Å². The maximum atomic E-state index is 11.5. The van der Waals surface area contributed by atoms with Crippen LogP contribution in [0.5, 0.6) is 5.75 Å². The fraction of sp³-hybridized carbons (Fsp3) is 0.533. The summed E-state index contributed by atoms with van der Waals surface area (Å²) in [6.45, 7) is 6.06. The molecular formula is C15H25N3O2. The van der Waals surface area contributed by atoms with Crippen molar-refractivity contribution in [2.45, 2.75) is 33.1 Å². The average molecular weight is 279 g/mol. The molecule has 5 heteroatoms. The van der Waals surface area contributed by atoms with Gasteiger partial charge in [-0.2, -0.15) is 0 Å². The third kappa shape index (κ3) is 6.31. The number of carbonyl (C=O) groups is 1. The second kappa shape index (κ2) is 9.07. The number of benzene rings is 1. The summed E-state index contributed by atoms with van der Waals surface area (Å²) < 4.78 is 5.56. The van der Waals surface area contributed by atoms with Crippen LogP contribution in [0.25, 0.3) is 0 Å². The Balaban J connectivity index is 2.42. The van der Waals surface area contributed by atoms with Crippen molar-refractivity contribution in [3.8, 4) is 5.75 Å². The summed E-state index contributed by atoms with van der Waals surface area (Å²) in [5.74, 6) is 0.815. The number of hydrogen-bond acceptors (Lipinski definition) is 4. The van der Waals surface area contributed by atoms with Crippen LogP contribution < -0.4 is 21.1 Å². The van der Waals surface area contributed by atoms with Crippen molar-refractivity contribution in [3.05, 3.63) is 18.2 Å². The minimum absolute atomic E-state index is 0.0608. The van der Waals surface area contributed by atoms with Gasteiger partial charge in [-0.25, -0.2) is 0 Å². The van der Waals surface area contributed by atoms with E-state index in [9.17, 15) is 4.79 Å². The van der Waals surface area contributed by atoms with Crippen LogP contribution in [0.2, 0.25) is 0 Å². The first kappa shape index (κ1) is 16.1. The molecule has 0 fully saturated rings. The zero-order valence-electron chi connectivity index (χ0n) is 12.4. The maximum absolute atomic E-state index is 11.5. The predicted molar refractivity (Wildman–Crippen MR) is 83.0 cm³/mol. The zero-order chi connectivity index (χ0) is 14.8. The van der Waals surface area contributed by atoms with Crippen molar-refractivity contribution < 1.29 is 9.53 Å². The number of carbonyl (C=O) groups excluding carboxylic acids is 1. The van der Waals surface area contributed by atoms with Gasteiger partial charge in [0.25, 0.3) is 0 Å². The number of nitrogens with two attached hydrogens (primary N) is 1. The first-order chi connectivity index (χ1) is 9.65. The smallest absolute Gasteiger partial charge is 0.221 e. The van der Waals surface area contributed by atoms with Gasteiger partial charge in [-0.05, 0) is 18.9 Å². The molecule has 0 radical (unpaired) electrons. The molecule has 0 aliphatic carbocycles. The van der Waals surface area contributed by atoms with Crippen molar-refractivity contribution in [1.29, 1.82) is 0 Å². The van der Waals surface area contributed by atoms with Crippen LogP contribution in [0.4, 0.5) is 11.4 Å². The van der Waals surface area contributed by atoms with Crippen LogP contribution in [0.15, 0.2) is 18.2 Å². The van der Waals surface area contributed by atoms with E-state index in [1.54, 1.807) is 6.07 Å². The van der Waals surface area contributed by atoms with Gasteiger partial charge in [0.05, 0.1) is 6.61 Å². The van der Waals surface area contributed by atoms with Crippen LogP contribution >= 0.6 is 0 Å². The van der Waals surface area contributed by atoms with Crippen LogP contribution in [-0.2, 0) is 4.79 Å². The molecule has 0 heterocycles. The first-order valence-electron chi connectivity index (χ1n) is 7.19. The van der Waals surface area contributed by atoms with Gasteiger partial charge < -0.3 is 21.1 Å². The Morgan fingerprint density at radius 3 is 2.70 bits per heavy atom. The minimum atomic E-state index is 0.0608. The number of amides is 1. The van der Waals surface area contributed by atoms with Crippen molar-refractivity contribution in [2.24, 2.45) is 0 Å². The van der Waals surface area contributed by atoms with Gasteiger partial charge in [-0.15, -0.1) is 0 Å². The van der Waals surface area contributed by atoms with E-state index < -0.39 is 0 Å².